The van der Waals surface area contributed by atoms with Crippen molar-refractivity contribution < 1.29 is 13.5 Å². The van der Waals surface area contributed by atoms with Crippen LogP contribution in [0.5, 0.6) is 5.75 Å². The highest BCUT2D eigenvalue weighted by atomic mass is 32.2. The van der Waals surface area contributed by atoms with Crippen LogP contribution < -0.4 is 4.72 Å². The molecule has 0 bridgehead atoms. The summed E-state index contributed by atoms with van der Waals surface area (Å²) < 4.78 is 24.8. The van der Waals surface area contributed by atoms with Gasteiger partial charge in [0, 0.05) is 5.69 Å². The van der Waals surface area contributed by atoms with Gasteiger partial charge in [0.05, 0.1) is 11.8 Å². The molecule has 0 amide bonds. The zero-order valence-electron chi connectivity index (χ0n) is 10.7. The van der Waals surface area contributed by atoms with E-state index >= 15 is 0 Å². The maximum absolute atomic E-state index is 11.2. The van der Waals surface area contributed by atoms with E-state index in [1.165, 1.54) is 6.07 Å². The first-order chi connectivity index (χ1) is 9.39. The Bertz CT molecular complexity index is 792. The zero-order chi connectivity index (χ0) is 14.8. The topological polar surface area (TPSA) is 90.2 Å². The Hall–Kier alpha value is -2.52. The highest BCUT2D eigenvalue weighted by molar-refractivity contribution is 7.92. The van der Waals surface area contributed by atoms with Gasteiger partial charge in [-0.15, -0.1) is 0 Å². The summed E-state index contributed by atoms with van der Waals surface area (Å²) in [5.74, 6) is -0.0818. The molecule has 0 aromatic heterocycles. The van der Waals surface area contributed by atoms with Crippen molar-refractivity contribution in [1.82, 2.24) is 0 Å². The van der Waals surface area contributed by atoms with E-state index in [-0.39, 0.29) is 11.3 Å². The van der Waals surface area contributed by atoms with Crippen molar-refractivity contribution in [2.24, 2.45) is 0 Å². The zero-order valence-corrected chi connectivity index (χ0v) is 11.5. The second kappa shape index (κ2) is 5.23. The van der Waals surface area contributed by atoms with Crippen molar-refractivity contribution in [2.75, 3.05) is 11.0 Å². The predicted molar refractivity (Wildman–Crippen MR) is 76.7 cm³/mol. The number of rotatable bonds is 3. The maximum Gasteiger partial charge on any atom is 0.229 e. The van der Waals surface area contributed by atoms with Gasteiger partial charge in [0.15, 0.2) is 0 Å². The molecule has 6 heteroatoms. The van der Waals surface area contributed by atoms with Crippen molar-refractivity contribution in [3.63, 3.8) is 0 Å². The van der Waals surface area contributed by atoms with Gasteiger partial charge < -0.3 is 5.11 Å². The Labute approximate surface area is 117 Å². The largest absolute Gasteiger partial charge is 0.507 e. The van der Waals surface area contributed by atoms with Crippen molar-refractivity contribution in [3.8, 4) is 22.9 Å². The van der Waals surface area contributed by atoms with Gasteiger partial charge in [-0.2, -0.15) is 5.26 Å². The van der Waals surface area contributed by atoms with Crippen LogP contribution in [0, 0.1) is 11.3 Å². The molecule has 0 aliphatic heterocycles. The summed E-state index contributed by atoms with van der Waals surface area (Å²) in [7, 11) is -3.34. The molecule has 0 radical (unpaired) electrons. The molecule has 0 unspecified atom stereocenters. The van der Waals surface area contributed by atoms with E-state index in [9.17, 15) is 13.5 Å². The summed E-state index contributed by atoms with van der Waals surface area (Å²) in [6.45, 7) is 0. The fraction of sp³-hybridized carbons (Fsp3) is 0.0714. The second-order valence-corrected chi connectivity index (χ2v) is 6.05. The average molecular weight is 288 g/mol. The fourth-order valence-corrected chi connectivity index (χ4v) is 2.34. The normalized spacial score (nSPS) is 10.8. The first-order valence-electron chi connectivity index (χ1n) is 5.70. The van der Waals surface area contributed by atoms with Gasteiger partial charge in [0.1, 0.15) is 11.8 Å². The lowest BCUT2D eigenvalue weighted by atomic mass is 10.0. The second-order valence-electron chi connectivity index (χ2n) is 4.30. The van der Waals surface area contributed by atoms with Crippen LogP contribution in [0.2, 0.25) is 0 Å². The molecule has 2 N–H and O–H groups in total. The molecule has 0 atom stereocenters. The summed E-state index contributed by atoms with van der Waals surface area (Å²) in [6.07, 6.45) is 1.08. The minimum atomic E-state index is -3.34. The number of phenols is 1. The molecule has 0 spiro atoms. The van der Waals surface area contributed by atoms with E-state index in [2.05, 4.69) is 4.72 Å². The highest BCUT2D eigenvalue weighted by Crippen LogP contribution is 2.27. The van der Waals surface area contributed by atoms with Crippen LogP contribution in [-0.2, 0) is 10.0 Å². The smallest absolute Gasteiger partial charge is 0.229 e. The van der Waals surface area contributed by atoms with Crippen LogP contribution in [-0.4, -0.2) is 19.8 Å². The molecular formula is C14H12N2O3S. The van der Waals surface area contributed by atoms with Gasteiger partial charge in [-0.3, -0.25) is 4.72 Å². The van der Waals surface area contributed by atoms with Crippen molar-refractivity contribution in [1.29, 1.82) is 5.26 Å². The van der Waals surface area contributed by atoms with Crippen LogP contribution in [0.15, 0.2) is 42.5 Å². The van der Waals surface area contributed by atoms with Crippen LogP contribution in [0.25, 0.3) is 11.1 Å². The molecule has 2 aromatic carbocycles. The third-order valence-electron chi connectivity index (χ3n) is 2.62. The number of nitriles is 1. The lowest BCUT2D eigenvalue weighted by Gasteiger charge is -2.07. The number of hydrogen-bond donors (Lipinski definition) is 2. The summed E-state index contributed by atoms with van der Waals surface area (Å²) in [5, 5.41) is 18.4. The Morgan fingerprint density at radius 1 is 1.15 bits per heavy atom. The van der Waals surface area contributed by atoms with Crippen LogP contribution in [0.4, 0.5) is 5.69 Å². The third kappa shape index (κ3) is 3.28. The Kier molecular flexibility index (Phi) is 3.63. The number of sulfonamides is 1. The Morgan fingerprint density at radius 3 is 2.50 bits per heavy atom. The minimum absolute atomic E-state index is 0.0818. The molecule has 0 saturated heterocycles. The molecule has 2 aromatic rings. The van der Waals surface area contributed by atoms with Crippen LogP contribution in [0.3, 0.4) is 0 Å². The number of anilines is 1. The molecule has 0 fully saturated rings. The minimum Gasteiger partial charge on any atom is -0.507 e. The molecule has 0 heterocycles. The van der Waals surface area contributed by atoms with Crippen molar-refractivity contribution >= 4 is 15.7 Å². The van der Waals surface area contributed by atoms with Gasteiger partial charge in [-0.05, 0) is 35.4 Å². The van der Waals surface area contributed by atoms with Crippen LogP contribution in [0.1, 0.15) is 5.56 Å². The first kappa shape index (κ1) is 13.9. The van der Waals surface area contributed by atoms with Crippen molar-refractivity contribution in [2.45, 2.75) is 0 Å². The number of phenolic OH excluding ortho intramolecular Hbond substituents is 1. The number of benzene rings is 2. The van der Waals surface area contributed by atoms with Crippen LogP contribution >= 0.6 is 0 Å². The molecule has 20 heavy (non-hydrogen) atoms. The summed E-state index contributed by atoms with van der Waals surface area (Å²) in [4.78, 5) is 0. The summed E-state index contributed by atoms with van der Waals surface area (Å²) >= 11 is 0. The summed E-state index contributed by atoms with van der Waals surface area (Å²) in [5.41, 5.74) is 2.08. The number of nitrogens with one attached hydrogen (secondary N) is 1. The molecule has 5 nitrogen and oxygen atoms in total. The predicted octanol–water partition coefficient (Wildman–Crippen LogP) is 2.30. The Balaban J connectivity index is 2.44. The standard InChI is InChI=1S/C14H12N2O3S/c1-20(18,19)16-13-4-2-3-10(8-13)11-5-6-14(17)12(7-11)9-15/h2-8,16-17H,1H3. The maximum atomic E-state index is 11.2. The van der Waals surface area contributed by atoms with Gasteiger partial charge in [0.25, 0.3) is 0 Å². The van der Waals surface area contributed by atoms with Gasteiger partial charge >= 0.3 is 0 Å². The Morgan fingerprint density at radius 2 is 1.85 bits per heavy atom. The average Bonchev–Trinajstić information content (AvgIpc) is 2.37. The third-order valence-corrected chi connectivity index (χ3v) is 3.22. The van der Waals surface area contributed by atoms with E-state index in [4.69, 9.17) is 5.26 Å². The lowest BCUT2D eigenvalue weighted by molar-refractivity contribution is 0.473. The van der Waals surface area contributed by atoms with E-state index in [0.29, 0.717) is 5.69 Å². The molecule has 2 rings (SSSR count). The van der Waals surface area contributed by atoms with Gasteiger partial charge in [-0.25, -0.2) is 8.42 Å². The monoisotopic (exact) mass is 288 g/mol. The van der Waals surface area contributed by atoms with Gasteiger partial charge in [0.2, 0.25) is 10.0 Å². The fourth-order valence-electron chi connectivity index (χ4n) is 1.78. The summed E-state index contributed by atoms with van der Waals surface area (Å²) in [6, 6.07) is 13.3. The molecule has 0 saturated carbocycles. The van der Waals surface area contributed by atoms with E-state index in [1.807, 2.05) is 6.07 Å². The number of nitrogens with zero attached hydrogens (tertiary/aromatic N) is 1. The lowest BCUT2D eigenvalue weighted by Crippen LogP contribution is -2.09. The number of hydrogen-bond acceptors (Lipinski definition) is 4. The van der Waals surface area contributed by atoms with E-state index in [0.717, 1.165) is 17.4 Å². The molecule has 0 aliphatic rings. The highest BCUT2D eigenvalue weighted by Gasteiger charge is 2.06. The van der Waals surface area contributed by atoms with Crippen molar-refractivity contribution in [3.05, 3.63) is 48.0 Å². The quantitative estimate of drug-likeness (QED) is 0.906. The van der Waals surface area contributed by atoms with E-state index in [1.54, 1.807) is 36.4 Å². The van der Waals surface area contributed by atoms with E-state index < -0.39 is 10.0 Å². The molecular weight excluding hydrogens is 276 g/mol. The number of aromatic hydroxyl groups is 1. The first-order valence-corrected chi connectivity index (χ1v) is 7.59. The molecule has 102 valence electrons. The SMILES string of the molecule is CS(=O)(=O)Nc1cccc(-c2ccc(O)c(C#N)c2)c1. The molecule has 0 aliphatic carbocycles. The van der Waals surface area contributed by atoms with Gasteiger partial charge in [-0.1, -0.05) is 18.2 Å².